The first kappa shape index (κ1) is 21.3. The van der Waals surface area contributed by atoms with E-state index in [2.05, 4.69) is 11.8 Å². The fourth-order valence-electron chi connectivity index (χ4n) is 3.48. The molecular formula is C22H29ClN2O2S. The highest BCUT2D eigenvalue weighted by atomic mass is 35.5. The normalized spacial score (nSPS) is 16.6. The van der Waals surface area contributed by atoms with Crippen molar-refractivity contribution in [3.8, 4) is 0 Å². The minimum Gasteiger partial charge on any atom is -0.302 e. The number of hydrogen-bond acceptors (Lipinski definition) is 3. The predicted octanol–water partition coefficient (Wildman–Crippen LogP) is 4.57. The lowest BCUT2D eigenvalue weighted by atomic mass is 9.99. The first-order valence-electron chi connectivity index (χ1n) is 9.88. The summed E-state index contributed by atoms with van der Waals surface area (Å²) in [6.45, 7) is 7.91. The van der Waals surface area contributed by atoms with Crippen LogP contribution in [0.15, 0.2) is 53.4 Å². The Morgan fingerprint density at radius 2 is 1.64 bits per heavy atom. The molecule has 1 aliphatic heterocycles. The summed E-state index contributed by atoms with van der Waals surface area (Å²) < 4.78 is 28.2. The highest BCUT2D eigenvalue weighted by Crippen LogP contribution is 2.21. The molecule has 0 aromatic heterocycles. The van der Waals surface area contributed by atoms with Crippen molar-refractivity contribution < 1.29 is 8.42 Å². The summed E-state index contributed by atoms with van der Waals surface area (Å²) in [5, 5.41) is 0.652. The maximum atomic E-state index is 13.3. The Kier molecular flexibility index (Phi) is 7.15. The number of hydrogen-bond donors (Lipinski definition) is 0. The summed E-state index contributed by atoms with van der Waals surface area (Å²) in [4.78, 5) is 2.72. The molecule has 0 spiro atoms. The van der Waals surface area contributed by atoms with Crippen LogP contribution in [0.4, 0.5) is 0 Å². The third-order valence-corrected chi connectivity index (χ3v) is 7.58. The molecule has 1 fully saturated rings. The minimum absolute atomic E-state index is 0.345. The molecule has 0 saturated carbocycles. The molecule has 2 aromatic carbocycles. The van der Waals surface area contributed by atoms with Gasteiger partial charge in [0.05, 0.1) is 4.90 Å². The van der Waals surface area contributed by atoms with Crippen LogP contribution in [0.2, 0.25) is 5.02 Å². The van der Waals surface area contributed by atoms with E-state index in [-0.39, 0.29) is 0 Å². The summed E-state index contributed by atoms with van der Waals surface area (Å²) in [7, 11) is -3.56. The topological polar surface area (TPSA) is 40.6 Å². The molecule has 3 rings (SSSR count). The summed E-state index contributed by atoms with van der Waals surface area (Å²) >= 11 is 5.98. The van der Waals surface area contributed by atoms with Crippen LogP contribution in [0.25, 0.3) is 0 Å². The third-order valence-electron chi connectivity index (χ3n) is 5.47. The number of nitrogens with zero attached hydrogens (tertiary/aromatic N) is 2. The maximum Gasteiger partial charge on any atom is 0.243 e. The molecule has 0 unspecified atom stereocenters. The van der Waals surface area contributed by atoms with Gasteiger partial charge in [0.15, 0.2) is 0 Å². The van der Waals surface area contributed by atoms with Gasteiger partial charge in [0.1, 0.15) is 0 Å². The van der Waals surface area contributed by atoms with Gasteiger partial charge in [0.2, 0.25) is 10.0 Å². The molecule has 2 aromatic rings. The van der Waals surface area contributed by atoms with Gasteiger partial charge in [-0.05, 0) is 68.6 Å². The molecule has 0 amide bonds. The zero-order valence-electron chi connectivity index (χ0n) is 16.6. The zero-order valence-corrected chi connectivity index (χ0v) is 18.2. The van der Waals surface area contributed by atoms with E-state index in [9.17, 15) is 8.42 Å². The molecule has 0 bridgehead atoms. The van der Waals surface area contributed by atoms with Gasteiger partial charge in [-0.1, -0.05) is 48.4 Å². The van der Waals surface area contributed by atoms with E-state index in [1.807, 2.05) is 31.2 Å². The van der Waals surface area contributed by atoms with E-state index in [4.69, 9.17) is 11.6 Å². The smallest absolute Gasteiger partial charge is 0.243 e. The largest absolute Gasteiger partial charge is 0.302 e. The Bertz CT molecular complexity index is 858. The quantitative estimate of drug-likeness (QED) is 0.658. The van der Waals surface area contributed by atoms with Crippen LogP contribution < -0.4 is 0 Å². The molecule has 0 N–H and O–H groups in total. The molecule has 0 aliphatic carbocycles. The monoisotopic (exact) mass is 420 g/mol. The standard InChI is InChI=1S/C22H29ClN2O2S/c1-18-3-9-22(10-4-18)28(26,27)25(17-20-5-7-21(23)8-6-20)16-15-24-13-11-19(2)12-14-24/h3-10,19H,11-17H2,1-2H3. The number of likely N-dealkylation sites (tertiary alicyclic amines) is 1. The minimum atomic E-state index is -3.56. The average Bonchev–Trinajstić information content (AvgIpc) is 2.68. The van der Waals surface area contributed by atoms with Crippen molar-refractivity contribution in [2.24, 2.45) is 5.92 Å². The van der Waals surface area contributed by atoms with Crippen LogP contribution in [-0.4, -0.2) is 43.8 Å². The van der Waals surface area contributed by atoms with Crippen LogP contribution >= 0.6 is 11.6 Å². The second kappa shape index (κ2) is 9.40. The molecule has 1 heterocycles. The Morgan fingerprint density at radius 1 is 1.04 bits per heavy atom. The fraction of sp³-hybridized carbons (Fsp3) is 0.455. The molecule has 0 atom stereocenters. The highest BCUT2D eigenvalue weighted by Gasteiger charge is 2.26. The number of aryl methyl sites for hydroxylation is 1. The fourth-order valence-corrected chi connectivity index (χ4v) is 5.02. The van der Waals surface area contributed by atoms with E-state index in [1.54, 1.807) is 28.6 Å². The van der Waals surface area contributed by atoms with Crippen molar-refractivity contribution in [3.63, 3.8) is 0 Å². The van der Waals surface area contributed by atoms with Gasteiger partial charge in [-0.3, -0.25) is 0 Å². The van der Waals surface area contributed by atoms with Crippen LogP contribution in [0, 0.1) is 12.8 Å². The number of sulfonamides is 1. The van der Waals surface area contributed by atoms with Crippen molar-refractivity contribution >= 4 is 21.6 Å². The van der Waals surface area contributed by atoms with Crippen molar-refractivity contribution in [2.45, 2.75) is 38.1 Å². The molecule has 6 heteroatoms. The van der Waals surface area contributed by atoms with Crippen LogP contribution in [0.1, 0.15) is 30.9 Å². The van der Waals surface area contributed by atoms with E-state index < -0.39 is 10.0 Å². The number of halogens is 1. The average molecular weight is 421 g/mol. The van der Waals surface area contributed by atoms with E-state index in [0.717, 1.165) is 36.7 Å². The molecule has 1 saturated heterocycles. The van der Waals surface area contributed by atoms with E-state index in [1.165, 1.54) is 12.8 Å². The molecule has 28 heavy (non-hydrogen) atoms. The lowest BCUT2D eigenvalue weighted by Gasteiger charge is -2.32. The first-order chi connectivity index (χ1) is 13.3. The van der Waals surface area contributed by atoms with Crippen molar-refractivity contribution in [1.82, 2.24) is 9.21 Å². The predicted molar refractivity (Wildman–Crippen MR) is 115 cm³/mol. The lowest BCUT2D eigenvalue weighted by molar-refractivity contribution is 0.181. The van der Waals surface area contributed by atoms with Gasteiger partial charge >= 0.3 is 0 Å². The third kappa shape index (κ3) is 5.57. The number of piperidine rings is 1. The van der Waals surface area contributed by atoms with Gasteiger partial charge in [0, 0.05) is 24.7 Å². The van der Waals surface area contributed by atoms with Crippen molar-refractivity contribution in [1.29, 1.82) is 0 Å². The van der Waals surface area contributed by atoms with Crippen LogP contribution in [0.3, 0.4) is 0 Å². The van der Waals surface area contributed by atoms with Gasteiger partial charge in [-0.2, -0.15) is 4.31 Å². The van der Waals surface area contributed by atoms with Gasteiger partial charge in [0.25, 0.3) is 0 Å². The molecule has 0 radical (unpaired) electrons. The van der Waals surface area contributed by atoms with E-state index >= 15 is 0 Å². The molecule has 4 nitrogen and oxygen atoms in total. The Labute approximate surface area is 174 Å². The van der Waals surface area contributed by atoms with Gasteiger partial charge in [-0.15, -0.1) is 0 Å². The second-order valence-corrected chi connectivity index (χ2v) is 10.2. The van der Waals surface area contributed by atoms with Crippen molar-refractivity contribution in [3.05, 3.63) is 64.7 Å². The van der Waals surface area contributed by atoms with E-state index in [0.29, 0.717) is 23.0 Å². The Morgan fingerprint density at radius 3 is 2.25 bits per heavy atom. The molecule has 1 aliphatic rings. The maximum absolute atomic E-state index is 13.3. The SMILES string of the molecule is Cc1ccc(S(=O)(=O)N(CCN2CCC(C)CC2)Cc2ccc(Cl)cc2)cc1. The first-order valence-corrected chi connectivity index (χ1v) is 11.7. The highest BCUT2D eigenvalue weighted by molar-refractivity contribution is 7.89. The summed E-state index contributed by atoms with van der Waals surface area (Å²) in [6, 6.07) is 14.5. The van der Waals surface area contributed by atoms with Gasteiger partial charge < -0.3 is 4.90 Å². The summed E-state index contributed by atoms with van der Waals surface area (Å²) in [5.74, 6) is 0.762. The van der Waals surface area contributed by atoms with Crippen molar-refractivity contribution in [2.75, 3.05) is 26.2 Å². The number of rotatable bonds is 7. The molecular weight excluding hydrogens is 392 g/mol. The number of benzene rings is 2. The summed E-state index contributed by atoms with van der Waals surface area (Å²) in [5.41, 5.74) is 1.98. The lowest BCUT2D eigenvalue weighted by Crippen LogP contribution is -2.41. The molecule has 152 valence electrons. The Hall–Kier alpha value is -1.40. The Balaban J connectivity index is 1.78. The second-order valence-electron chi connectivity index (χ2n) is 7.80. The van der Waals surface area contributed by atoms with Crippen LogP contribution in [0.5, 0.6) is 0 Å². The zero-order chi connectivity index (χ0) is 20.1. The van der Waals surface area contributed by atoms with Crippen LogP contribution in [-0.2, 0) is 16.6 Å². The summed E-state index contributed by atoms with van der Waals surface area (Å²) in [6.07, 6.45) is 2.36. The van der Waals surface area contributed by atoms with Gasteiger partial charge in [-0.25, -0.2) is 8.42 Å².